The van der Waals surface area contributed by atoms with Gasteiger partial charge in [0, 0.05) is 6.07 Å². The Morgan fingerprint density at radius 2 is 2.20 bits per heavy atom. The highest BCUT2D eigenvalue weighted by Crippen LogP contribution is 2.11. The summed E-state index contributed by atoms with van der Waals surface area (Å²) in [6.07, 6.45) is 0.631. The zero-order valence-electron chi connectivity index (χ0n) is 9.15. The van der Waals surface area contributed by atoms with Crippen LogP contribution in [0.3, 0.4) is 0 Å². The molecule has 0 atom stereocenters. The van der Waals surface area contributed by atoms with Gasteiger partial charge in [-0.25, -0.2) is 8.42 Å². The van der Waals surface area contributed by atoms with Gasteiger partial charge >= 0.3 is 0 Å². The maximum absolute atomic E-state index is 11.5. The van der Waals surface area contributed by atoms with Crippen molar-refractivity contribution >= 4 is 15.8 Å². The van der Waals surface area contributed by atoms with Gasteiger partial charge in [0.05, 0.1) is 5.75 Å². The number of nitrogens with zero attached hydrogens (tertiary/aromatic N) is 1. The van der Waals surface area contributed by atoms with E-state index in [1.54, 1.807) is 13.0 Å². The highest BCUT2D eigenvalue weighted by molar-refractivity contribution is 7.92. The van der Waals surface area contributed by atoms with Gasteiger partial charge < -0.3 is 4.52 Å². The van der Waals surface area contributed by atoms with E-state index in [9.17, 15) is 8.42 Å². The molecule has 0 aliphatic rings. The first kappa shape index (κ1) is 12.0. The Hall–Kier alpha value is -1.04. The first-order valence-corrected chi connectivity index (χ1v) is 6.48. The lowest BCUT2D eigenvalue weighted by molar-refractivity contribution is 0.400. The van der Waals surface area contributed by atoms with Crippen LogP contribution in [0.2, 0.25) is 0 Å². The van der Waals surface area contributed by atoms with E-state index < -0.39 is 10.0 Å². The summed E-state index contributed by atoms with van der Waals surface area (Å²) in [5.41, 5.74) is 0. The first-order valence-electron chi connectivity index (χ1n) is 4.83. The van der Waals surface area contributed by atoms with Gasteiger partial charge in [0.15, 0.2) is 5.82 Å². The van der Waals surface area contributed by atoms with Gasteiger partial charge in [-0.15, -0.1) is 0 Å². The van der Waals surface area contributed by atoms with Gasteiger partial charge in [0.2, 0.25) is 10.0 Å². The van der Waals surface area contributed by atoms with Crippen molar-refractivity contribution in [1.82, 2.24) is 5.16 Å². The number of aromatic nitrogens is 1. The Morgan fingerprint density at radius 3 is 2.67 bits per heavy atom. The molecule has 1 aromatic rings. The Balaban J connectivity index is 2.57. The number of sulfonamides is 1. The van der Waals surface area contributed by atoms with Crippen molar-refractivity contribution in [3.05, 3.63) is 11.8 Å². The number of rotatable bonds is 5. The van der Waals surface area contributed by atoms with Crippen molar-refractivity contribution in [3.8, 4) is 0 Å². The van der Waals surface area contributed by atoms with E-state index in [0.717, 1.165) is 0 Å². The molecule has 0 aliphatic heterocycles. The second-order valence-electron chi connectivity index (χ2n) is 3.93. The second-order valence-corrected chi connectivity index (χ2v) is 5.77. The van der Waals surface area contributed by atoms with Crippen molar-refractivity contribution in [2.75, 3.05) is 10.5 Å². The van der Waals surface area contributed by atoms with E-state index in [1.165, 1.54) is 0 Å². The van der Waals surface area contributed by atoms with Crippen LogP contribution >= 0.6 is 0 Å². The summed E-state index contributed by atoms with van der Waals surface area (Å²) in [6, 6.07) is 1.55. The highest BCUT2D eigenvalue weighted by atomic mass is 32.2. The number of hydrogen-bond donors (Lipinski definition) is 1. The molecule has 1 rings (SSSR count). The molecule has 0 bridgehead atoms. The van der Waals surface area contributed by atoms with Crippen LogP contribution in [0, 0.1) is 12.8 Å². The van der Waals surface area contributed by atoms with Crippen LogP contribution in [-0.4, -0.2) is 19.3 Å². The van der Waals surface area contributed by atoms with E-state index in [4.69, 9.17) is 4.52 Å². The SMILES string of the molecule is Cc1cc(NS(=O)(=O)CCC(C)C)no1. The molecule has 0 saturated heterocycles. The third-order valence-corrected chi connectivity index (χ3v) is 3.15. The molecule has 6 heteroatoms. The maximum atomic E-state index is 11.5. The molecule has 0 saturated carbocycles. The molecule has 0 radical (unpaired) electrons. The van der Waals surface area contributed by atoms with E-state index in [-0.39, 0.29) is 11.6 Å². The van der Waals surface area contributed by atoms with Crippen LogP contribution in [0.25, 0.3) is 0 Å². The molecular formula is C9H16N2O3S. The number of hydrogen-bond acceptors (Lipinski definition) is 4. The Morgan fingerprint density at radius 1 is 1.53 bits per heavy atom. The lowest BCUT2D eigenvalue weighted by Gasteiger charge is -2.06. The summed E-state index contributed by atoms with van der Waals surface area (Å²) in [4.78, 5) is 0. The highest BCUT2D eigenvalue weighted by Gasteiger charge is 2.13. The zero-order valence-corrected chi connectivity index (χ0v) is 9.97. The fourth-order valence-electron chi connectivity index (χ4n) is 1.02. The molecule has 1 aromatic heterocycles. The minimum Gasteiger partial charge on any atom is -0.360 e. The van der Waals surface area contributed by atoms with Gasteiger partial charge in [0.25, 0.3) is 0 Å². The van der Waals surface area contributed by atoms with Crippen LogP contribution in [0.4, 0.5) is 5.82 Å². The van der Waals surface area contributed by atoms with Crippen LogP contribution in [-0.2, 0) is 10.0 Å². The normalized spacial score (nSPS) is 12.0. The standard InChI is InChI=1S/C9H16N2O3S/c1-7(2)4-5-15(12,13)11-9-6-8(3)14-10-9/h6-7H,4-5H2,1-3H3,(H,10,11). The van der Waals surface area contributed by atoms with Gasteiger partial charge in [-0.2, -0.15) is 0 Å². The molecule has 0 aliphatic carbocycles. The van der Waals surface area contributed by atoms with Crippen molar-refractivity contribution in [2.24, 2.45) is 5.92 Å². The monoisotopic (exact) mass is 232 g/mol. The van der Waals surface area contributed by atoms with Crippen molar-refractivity contribution in [2.45, 2.75) is 27.2 Å². The average Bonchev–Trinajstić information content (AvgIpc) is 2.47. The Bertz CT molecular complexity index is 409. The zero-order chi connectivity index (χ0) is 11.5. The number of anilines is 1. The van der Waals surface area contributed by atoms with Crippen LogP contribution < -0.4 is 4.72 Å². The smallest absolute Gasteiger partial charge is 0.233 e. The topological polar surface area (TPSA) is 72.2 Å². The van der Waals surface area contributed by atoms with Crippen molar-refractivity contribution in [3.63, 3.8) is 0 Å². The molecule has 0 aromatic carbocycles. The number of nitrogens with one attached hydrogen (secondary N) is 1. The Labute approximate surface area is 89.9 Å². The molecule has 1 heterocycles. The quantitative estimate of drug-likeness (QED) is 0.839. The lowest BCUT2D eigenvalue weighted by Crippen LogP contribution is -2.18. The largest absolute Gasteiger partial charge is 0.360 e. The van der Waals surface area contributed by atoms with Gasteiger partial charge in [-0.3, -0.25) is 4.72 Å². The van der Waals surface area contributed by atoms with Gasteiger partial charge in [-0.05, 0) is 19.3 Å². The van der Waals surface area contributed by atoms with E-state index in [2.05, 4.69) is 9.88 Å². The average molecular weight is 232 g/mol. The van der Waals surface area contributed by atoms with E-state index in [0.29, 0.717) is 18.1 Å². The minimum atomic E-state index is -3.29. The molecule has 86 valence electrons. The summed E-state index contributed by atoms with van der Waals surface area (Å²) in [6.45, 7) is 5.67. The van der Waals surface area contributed by atoms with Crippen LogP contribution in [0.1, 0.15) is 26.0 Å². The summed E-state index contributed by atoms with van der Waals surface area (Å²) < 4.78 is 30.2. The van der Waals surface area contributed by atoms with Crippen LogP contribution in [0.5, 0.6) is 0 Å². The second kappa shape index (κ2) is 4.65. The summed E-state index contributed by atoms with van der Waals surface area (Å²) >= 11 is 0. The fourth-order valence-corrected chi connectivity index (χ4v) is 2.31. The van der Waals surface area contributed by atoms with Crippen LogP contribution in [0.15, 0.2) is 10.6 Å². The minimum absolute atomic E-state index is 0.108. The fraction of sp³-hybridized carbons (Fsp3) is 0.667. The molecule has 1 N–H and O–H groups in total. The number of aryl methyl sites for hydroxylation is 1. The summed E-state index contributed by atoms with van der Waals surface area (Å²) in [5.74, 6) is 1.30. The summed E-state index contributed by atoms with van der Waals surface area (Å²) in [7, 11) is -3.29. The third kappa shape index (κ3) is 4.33. The molecule has 0 amide bonds. The molecule has 0 fully saturated rings. The van der Waals surface area contributed by atoms with Gasteiger partial charge in [0.1, 0.15) is 5.76 Å². The van der Waals surface area contributed by atoms with E-state index in [1.807, 2.05) is 13.8 Å². The van der Waals surface area contributed by atoms with E-state index >= 15 is 0 Å². The molecule has 0 spiro atoms. The maximum Gasteiger partial charge on any atom is 0.233 e. The molecular weight excluding hydrogens is 216 g/mol. The van der Waals surface area contributed by atoms with Gasteiger partial charge in [-0.1, -0.05) is 19.0 Å². The predicted molar refractivity (Wildman–Crippen MR) is 58.1 cm³/mol. The summed E-state index contributed by atoms with van der Waals surface area (Å²) in [5, 5.41) is 3.56. The molecule has 15 heavy (non-hydrogen) atoms. The van der Waals surface area contributed by atoms with Crippen molar-refractivity contribution in [1.29, 1.82) is 0 Å². The first-order chi connectivity index (χ1) is 6.89. The third-order valence-electron chi connectivity index (χ3n) is 1.85. The Kier molecular flexibility index (Phi) is 3.73. The lowest BCUT2D eigenvalue weighted by atomic mass is 10.2. The van der Waals surface area contributed by atoms with Crippen molar-refractivity contribution < 1.29 is 12.9 Å². The molecule has 5 nitrogen and oxygen atoms in total. The predicted octanol–water partition coefficient (Wildman–Crippen LogP) is 1.77. The molecule has 0 unspecified atom stereocenters.